The average Bonchev–Trinajstić information content (AvgIpc) is 2.46. The second-order valence-electron chi connectivity index (χ2n) is 3.39. The van der Waals surface area contributed by atoms with Gasteiger partial charge in [-0.2, -0.15) is 5.10 Å². The van der Waals surface area contributed by atoms with Gasteiger partial charge in [-0.1, -0.05) is 15.9 Å². The molecule has 0 N–H and O–H groups in total. The smallest absolute Gasteiger partial charge is 0.0686 e. The van der Waals surface area contributed by atoms with E-state index in [9.17, 15) is 0 Å². The van der Waals surface area contributed by atoms with Crippen LogP contribution in [0.2, 0.25) is 0 Å². The van der Waals surface area contributed by atoms with Crippen LogP contribution in [0.1, 0.15) is 19.9 Å². The second-order valence-corrected chi connectivity index (χ2v) is 4.30. The topological polar surface area (TPSA) is 17.8 Å². The Bertz CT molecular complexity index is 431. The van der Waals surface area contributed by atoms with E-state index in [2.05, 4.69) is 47.0 Å². The van der Waals surface area contributed by atoms with Gasteiger partial charge < -0.3 is 0 Å². The van der Waals surface area contributed by atoms with Crippen molar-refractivity contribution in [1.82, 2.24) is 9.78 Å². The summed E-state index contributed by atoms with van der Waals surface area (Å²) in [6.07, 6.45) is 1.90. The zero-order valence-electron chi connectivity index (χ0n) is 7.66. The molecule has 0 spiro atoms. The fourth-order valence-corrected chi connectivity index (χ4v) is 1.81. The SMILES string of the molecule is CC(C)n1ncc2cc(Br)ccc21. The number of hydrogen-bond donors (Lipinski definition) is 0. The number of rotatable bonds is 1. The lowest BCUT2D eigenvalue weighted by atomic mass is 10.2. The molecular weight excluding hydrogens is 228 g/mol. The lowest BCUT2D eigenvalue weighted by Crippen LogP contribution is -2.01. The van der Waals surface area contributed by atoms with Crippen molar-refractivity contribution < 1.29 is 0 Å². The highest BCUT2D eigenvalue weighted by Gasteiger charge is 2.04. The van der Waals surface area contributed by atoms with Crippen LogP contribution in [-0.4, -0.2) is 9.78 Å². The Labute approximate surface area is 85.7 Å². The first-order valence-corrected chi connectivity index (χ1v) is 5.10. The molecule has 1 heterocycles. The normalized spacial score (nSPS) is 11.4. The van der Waals surface area contributed by atoms with E-state index in [0.29, 0.717) is 6.04 Å². The summed E-state index contributed by atoms with van der Waals surface area (Å²) >= 11 is 3.44. The van der Waals surface area contributed by atoms with Crippen molar-refractivity contribution in [3.63, 3.8) is 0 Å². The predicted octanol–water partition coefficient (Wildman–Crippen LogP) is 3.38. The molecule has 1 aromatic carbocycles. The van der Waals surface area contributed by atoms with Gasteiger partial charge in [-0.05, 0) is 32.0 Å². The van der Waals surface area contributed by atoms with Crippen molar-refractivity contribution in [3.8, 4) is 0 Å². The highest BCUT2D eigenvalue weighted by Crippen LogP contribution is 2.21. The number of nitrogens with zero attached hydrogens (tertiary/aromatic N) is 2. The molecular formula is C10H11BrN2. The summed E-state index contributed by atoms with van der Waals surface area (Å²) in [5, 5.41) is 5.52. The summed E-state index contributed by atoms with van der Waals surface area (Å²) in [4.78, 5) is 0. The summed E-state index contributed by atoms with van der Waals surface area (Å²) in [7, 11) is 0. The maximum absolute atomic E-state index is 4.33. The highest BCUT2D eigenvalue weighted by atomic mass is 79.9. The van der Waals surface area contributed by atoms with Gasteiger partial charge in [0.2, 0.25) is 0 Å². The molecule has 3 heteroatoms. The molecule has 2 nitrogen and oxygen atoms in total. The molecule has 0 atom stereocenters. The zero-order valence-corrected chi connectivity index (χ0v) is 9.25. The van der Waals surface area contributed by atoms with Crippen LogP contribution in [0.25, 0.3) is 10.9 Å². The molecule has 0 bridgehead atoms. The van der Waals surface area contributed by atoms with Crippen LogP contribution in [0, 0.1) is 0 Å². The number of aromatic nitrogens is 2. The van der Waals surface area contributed by atoms with Crippen molar-refractivity contribution >= 4 is 26.8 Å². The Morgan fingerprint density at radius 2 is 2.15 bits per heavy atom. The van der Waals surface area contributed by atoms with Gasteiger partial charge in [-0.25, -0.2) is 0 Å². The van der Waals surface area contributed by atoms with Crippen LogP contribution >= 0.6 is 15.9 Å². The molecule has 0 aliphatic rings. The molecule has 0 fully saturated rings. The molecule has 0 aliphatic carbocycles. The fourth-order valence-electron chi connectivity index (χ4n) is 1.44. The van der Waals surface area contributed by atoms with E-state index in [1.54, 1.807) is 0 Å². The van der Waals surface area contributed by atoms with E-state index in [0.717, 1.165) is 4.47 Å². The summed E-state index contributed by atoms with van der Waals surface area (Å²) in [6, 6.07) is 6.63. The van der Waals surface area contributed by atoms with E-state index in [1.165, 1.54) is 10.9 Å². The van der Waals surface area contributed by atoms with Gasteiger partial charge in [-0.15, -0.1) is 0 Å². The highest BCUT2D eigenvalue weighted by molar-refractivity contribution is 9.10. The van der Waals surface area contributed by atoms with Crippen molar-refractivity contribution in [3.05, 3.63) is 28.9 Å². The Morgan fingerprint density at radius 3 is 2.85 bits per heavy atom. The van der Waals surface area contributed by atoms with Crippen LogP contribution in [0.4, 0.5) is 0 Å². The van der Waals surface area contributed by atoms with Crippen LogP contribution < -0.4 is 0 Å². The van der Waals surface area contributed by atoms with Crippen LogP contribution in [-0.2, 0) is 0 Å². The molecule has 0 amide bonds. The minimum Gasteiger partial charge on any atom is -0.262 e. The largest absolute Gasteiger partial charge is 0.262 e. The van der Waals surface area contributed by atoms with Crippen molar-refractivity contribution in [1.29, 1.82) is 0 Å². The molecule has 1 aromatic heterocycles. The maximum atomic E-state index is 4.33. The van der Waals surface area contributed by atoms with Gasteiger partial charge in [0, 0.05) is 15.9 Å². The summed E-state index contributed by atoms with van der Waals surface area (Å²) in [5.74, 6) is 0. The van der Waals surface area contributed by atoms with Gasteiger partial charge in [0.15, 0.2) is 0 Å². The van der Waals surface area contributed by atoms with E-state index in [-0.39, 0.29) is 0 Å². The third-order valence-electron chi connectivity index (χ3n) is 2.05. The van der Waals surface area contributed by atoms with Gasteiger partial charge in [0.05, 0.1) is 11.7 Å². The van der Waals surface area contributed by atoms with Crippen LogP contribution in [0.15, 0.2) is 28.9 Å². The number of fused-ring (bicyclic) bond motifs is 1. The van der Waals surface area contributed by atoms with Crippen molar-refractivity contribution in [2.75, 3.05) is 0 Å². The third-order valence-corrected chi connectivity index (χ3v) is 2.54. The van der Waals surface area contributed by atoms with E-state index in [4.69, 9.17) is 0 Å². The van der Waals surface area contributed by atoms with Crippen LogP contribution in [0.3, 0.4) is 0 Å². The zero-order chi connectivity index (χ0) is 9.42. The molecule has 68 valence electrons. The monoisotopic (exact) mass is 238 g/mol. The molecule has 0 unspecified atom stereocenters. The molecule has 13 heavy (non-hydrogen) atoms. The lowest BCUT2D eigenvalue weighted by Gasteiger charge is -2.06. The third kappa shape index (κ3) is 1.48. The summed E-state index contributed by atoms with van der Waals surface area (Å²) in [6.45, 7) is 4.27. The number of benzene rings is 1. The fraction of sp³-hybridized carbons (Fsp3) is 0.300. The maximum Gasteiger partial charge on any atom is 0.0686 e. The van der Waals surface area contributed by atoms with E-state index < -0.39 is 0 Å². The van der Waals surface area contributed by atoms with Gasteiger partial charge in [-0.3, -0.25) is 4.68 Å². The second kappa shape index (κ2) is 3.14. The minimum atomic E-state index is 0.415. The first-order valence-electron chi connectivity index (χ1n) is 4.31. The standard InChI is InChI=1S/C10H11BrN2/c1-7(2)13-10-4-3-9(11)5-8(10)6-12-13/h3-7H,1-2H3. The first-order chi connectivity index (χ1) is 6.18. The quantitative estimate of drug-likeness (QED) is 0.745. The first kappa shape index (κ1) is 8.75. The molecule has 0 saturated heterocycles. The molecule has 0 saturated carbocycles. The van der Waals surface area contributed by atoms with Gasteiger partial charge in [0.25, 0.3) is 0 Å². The van der Waals surface area contributed by atoms with Crippen LogP contribution in [0.5, 0.6) is 0 Å². The van der Waals surface area contributed by atoms with E-state index >= 15 is 0 Å². The number of hydrogen-bond acceptors (Lipinski definition) is 1. The van der Waals surface area contributed by atoms with Gasteiger partial charge >= 0.3 is 0 Å². The Balaban J connectivity index is 2.69. The Hall–Kier alpha value is -0.830. The minimum absolute atomic E-state index is 0.415. The Kier molecular flexibility index (Phi) is 2.12. The van der Waals surface area contributed by atoms with Crippen molar-refractivity contribution in [2.45, 2.75) is 19.9 Å². The average molecular weight is 239 g/mol. The Morgan fingerprint density at radius 1 is 1.38 bits per heavy atom. The molecule has 2 rings (SSSR count). The lowest BCUT2D eigenvalue weighted by molar-refractivity contribution is 0.551. The predicted molar refractivity (Wildman–Crippen MR) is 57.8 cm³/mol. The number of halogens is 1. The van der Waals surface area contributed by atoms with E-state index in [1.807, 2.05) is 16.9 Å². The summed E-state index contributed by atoms with van der Waals surface area (Å²) < 4.78 is 3.13. The molecule has 0 radical (unpaired) electrons. The van der Waals surface area contributed by atoms with Crippen molar-refractivity contribution in [2.24, 2.45) is 0 Å². The summed E-state index contributed by atoms with van der Waals surface area (Å²) in [5.41, 5.74) is 1.19. The molecule has 2 aromatic rings. The molecule has 0 aliphatic heterocycles. The van der Waals surface area contributed by atoms with Gasteiger partial charge in [0.1, 0.15) is 0 Å².